The second-order valence-corrected chi connectivity index (χ2v) is 5.32. The Morgan fingerprint density at radius 3 is 2.60 bits per heavy atom. The van der Waals surface area contributed by atoms with Gasteiger partial charge in [0.05, 0.1) is 5.69 Å². The van der Waals surface area contributed by atoms with Gasteiger partial charge >= 0.3 is 0 Å². The summed E-state index contributed by atoms with van der Waals surface area (Å²) in [5.74, 6) is 1.59. The molecule has 0 saturated carbocycles. The van der Waals surface area contributed by atoms with Gasteiger partial charge in [-0.2, -0.15) is 0 Å². The average Bonchev–Trinajstić information content (AvgIpc) is 2.91. The van der Waals surface area contributed by atoms with Crippen molar-refractivity contribution in [2.45, 2.75) is 39.7 Å². The summed E-state index contributed by atoms with van der Waals surface area (Å²) in [7, 11) is 0. The van der Waals surface area contributed by atoms with E-state index in [0.717, 1.165) is 53.0 Å². The number of nitrogens with zero attached hydrogens (tertiary/aromatic N) is 2. The summed E-state index contributed by atoms with van der Waals surface area (Å²) in [4.78, 5) is 8.64. The number of rotatable bonds is 3. The first kappa shape index (κ1) is 13.1. The van der Waals surface area contributed by atoms with Gasteiger partial charge in [0.15, 0.2) is 0 Å². The fourth-order valence-corrected chi connectivity index (χ4v) is 2.83. The monoisotopic (exact) mass is 269 g/mol. The lowest BCUT2D eigenvalue weighted by atomic mass is 10.1. The van der Waals surface area contributed by atoms with Gasteiger partial charge in [0.2, 0.25) is 5.88 Å². The average molecular weight is 269 g/mol. The highest BCUT2D eigenvalue weighted by molar-refractivity contribution is 5.46. The van der Waals surface area contributed by atoms with E-state index in [-0.39, 0.29) is 0 Å². The molecular formula is C16H19N3O. The van der Waals surface area contributed by atoms with Crippen molar-refractivity contribution < 1.29 is 4.74 Å². The van der Waals surface area contributed by atoms with Crippen molar-refractivity contribution in [2.75, 3.05) is 0 Å². The van der Waals surface area contributed by atoms with E-state index in [1.165, 1.54) is 0 Å². The first-order valence-corrected chi connectivity index (χ1v) is 7.00. The van der Waals surface area contributed by atoms with E-state index < -0.39 is 0 Å². The molecule has 2 aromatic rings. The molecule has 0 aliphatic heterocycles. The maximum absolute atomic E-state index is 6.09. The smallest absolute Gasteiger partial charge is 0.225 e. The maximum Gasteiger partial charge on any atom is 0.225 e. The van der Waals surface area contributed by atoms with Crippen LogP contribution >= 0.6 is 0 Å². The molecule has 20 heavy (non-hydrogen) atoms. The molecule has 1 aliphatic carbocycles. The van der Waals surface area contributed by atoms with E-state index in [4.69, 9.17) is 10.5 Å². The van der Waals surface area contributed by atoms with E-state index in [0.29, 0.717) is 12.4 Å². The Hall–Kier alpha value is -1.94. The summed E-state index contributed by atoms with van der Waals surface area (Å²) >= 11 is 0. The zero-order chi connectivity index (χ0) is 14.1. The molecule has 0 bridgehead atoms. The van der Waals surface area contributed by atoms with Crippen molar-refractivity contribution in [1.29, 1.82) is 0 Å². The van der Waals surface area contributed by atoms with Crippen LogP contribution in [0.1, 0.15) is 34.4 Å². The van der Waals surface area contributed by atoms with Gasteiger partial charge in [0.25, 0.3) is 0 Å². The topological polar surface area (TPSA) is 61.0 Å². The quantitative estimate of drug-likeness (QED) is 0.930. The number of hydrogen-bond acceptors (Lipinski definition) is 4. The molecule has 0 atom stereocenters. The zero-order valence-electron chi connectivity index (χ0n) is 11.9. The van der Waals surface area contributed by atoms with Crippen LogP contribution in [0, 0.1) is 13.8 Å². The first-order chi connectivity index (χ1) is 9.69. The van der Waals surface area contributed by atoms with Crippen molar-refractivity contribution in [3.05, 3.63) is 46.4 Å². The van der Waals surface area contributed by atoms with Gasteiger partial charge in [-0.1, -0.05) is 12.1 Å². The van der Waals surface area contributed by atoms with Crippen LogP contribution in [-0.4, -0.2) is 9.97 Å². The Bertz CT molecular complexity index is 629. The van der Waals surface area contributed by atoms with Crippen LogP contribution in [0.2, 0.25) is 0 Å². The van der Waals surface area contributed by atoms with Crippen molar-refractivity contribution in [3.8, 4) is 11.6 Å². The predicted octanol–water partition coefficient (Wildman–Crippen LogP) is 2.83. The Morgan fingerprint density at radius 1 is 1.15 bits per heavy atom. The number of hydrogen-bond donors (Lipinski definition) is 1. The maximum atomic E-state index is 6.09. The van der Waals surface area contributed by atoms with Gasteiger partial charge in [-0.05, 0) is 49.8 Å². The number of fused-ring (bicyclic) bond motifs is 1. The van der Waals surface area contributed by atoms with Crippen molar-refractivity contribution in [2.24, 2.45) is 5.73 Å². The fraction of sp³-hybridized carbons (Fsp3) is 0.375. The van der Waals surface area contributed by atoms with Gasteiger partial charge in [0.1, 0.15) is 12.1 Å². The third-order valence-electron chi connectivity index (χ3n) is 3.79. The molecule has 0 amide bonds. The molecule has 0 saturated heterocycles. The van der Waals surface area contributed by atoms with Crippen LogP contribution in [0.3, 0.4) is 0 Å². The molecule has 3 rings (SSSR count). The Kier molecular flexibility index (Phi) is 3.40. The lowest BCUT2D eigenvalue weighted by Crippen LogP contribution is -2.02. The Labute approximate surface area is 119 Å². The molecule has 0 fully saturated rings. The van der Waals surface area contributed by atoms with Crippen LogP contribution in [0.5, 0.6) is 11.6 Å². The van der Waals surface area contributed by atoms with Crippen LogP contribution in [0.4, 0.5) is 0 Å². The molecule has 0 unspecified atom stereocenters. The highest BCUT2D eigenvalue weighted by Crippen LogP contribution is 2.33. The van der Waals surface area contributed by atoms with Gasteiger partial charge in [-0.15, -0.1) is 0 Å². The zero-order valence-corrected chi connectivity index (χ0v) is 11.9. The lowest BCUT2D eigenvalue weighted by molar-refractivity contribution is 0.448. The molecule has 1 aliphatic rings. The third-order valence-corrected chi connectivity index (χ3v) is 3.79. The summed E-state index contributed by atoms with van der Waals surface area (Å²) in [6, 6.07) is 4.15. The highest BCUT2D eigenvalue weighted by atomic mass is 16.5. The summed E-state index contributed by atoms with van der Waals surface area (Å²) in [5.41, 5.74) is 11.3. The summed E-state index contributed by atoms with van der Waals surface area (Å²) < 4.78 is 6.09. The van der Waals surface area contributed by atoms with Crippen LogP contribution in [-0.2, 0) is 19.4 Å². The van der Waals surface area contributed by atoms with Gasteiger partial charge in [0, 0.05) is 12.1 Å². The van der Waals surface area contributed by atoms with Crippen molar-refractivity contribution >= 4 is 0 Å². The van der Waals surface area contributed by atoms with Crippen LogP contribution in [0.25, 0.3) is 0 Å². The Balaban J connectivity index is 1.98. The van der Waals surface area contributed by atoms with Gasteiger partial charge < -0.3 is 10.5 Å². The number of benzene rings is 1. The number of aryl methyl sites for hydroxylation is 3. The minimum Gasteiger partial charge on any atom is -0.438 e. The molecule has 104 valence electrons. The molecule has 1 aromatic heterocycles. The number of nitrogens with two attached hydrogens (primary N) is 1. The molecule has 4 nitrogen and oxygen atoms in total. The van der Waals surface area contributed by atoms with Crippen LogP contribution in [0.15, 0.2) is 18.5 Å². The van der Waals surface area contributed by atoms with E-state index in [1.807, 2.05) is 13.8 Å². The lowest BCUT2D eigenvalue weighted by Gasteiger charge is -2.14. The van der Waals surface area contributed by atoms with E-state index in [9.17, 15) is 0 Å². The molecule has 4 heteroatoms. The van der Waals surface area contributed by atoms with Crippen LogP contribution < -0.4 is 10.5 Å². The number of ether oxygens (including phenoxy) is 1. The van der Waals surface area contributed by atoms with E-state index >= 15 is 0 Å². The molecule has 1 heterocycles. The second kappa shape index (κ2) is 5.21. The van der Waals surface area contributed by atoms with E-state index in [1.54, 1.807) is 6.33 Å². The third kappa shape index (κ3) is 2.27. The summed E-state index contributed by atoms with van der Waals surface area (Å²) in [6.07, 6.45) is 4.76. The van der Waals surface area contributed by atoms with Crippen molar-refractivity contribution in [3.63, 3.8) is 0 Å². The minimum absolute atomic E-state index is 0.546. The normalized spacial score (nSPS) is 13.3. The van der Waals surface area contributed by atoms with Crippen molar-refractivity contribution in [1.82, 2.24) is 9.97 Å². The van der Waals surface area contributed by atoms with Gasteiger partial charge in [-0.25, -0.2) is 9.97 Å². The molecular weight excluding hydrogens is 250 g/mol. The minimum atomic E-state index is 0.546. The predicted molar refractivity (Wildman–Crippen MR) is 77.9 cm³/mol. The summed E-state index contributed by atoms with van der Waals surface area (Å²) in [5, 5.41) is 0. The SMILES string of the molecule is Cc1cc(CN)cc(C)c1Oc1ncnc2c1CCC2. The molecule has 0 spiro atoms. The summed E-state index contributed by atoms with van der Waals surface area (Å²) in [6.45, 7) is 4.64. The first-order valence-electron chi connectivity index (χ1n) is 7.00. The fourth-order valence-electron chi connectivity index (χ4n) is 2.83. The molecule has 0 radical (unpaired) electrons. The molecule has 1 aromatic carbocycles. The Morgan fingerprint density at radius 2 is 1.90 bits per heavy atom. The van der Waals surface area contributed by atoms with Gasteiger partial charge in [-0.3, -0.25) is 0 Å². The standard InChI is InChI=1S/C16H19N3O/c1-10-6-12(8-17)7-11(2)15(10)20-16-13-4-3-5-14(13)18-9-19-16/h6-7,9H,3-5,8,17H2,1-2H3. The molecule has 2 N–H and O–H groups in total. The van der Waals surface area contributed by atoms with E-state index in [2.05, 4.69) is 22.1 Å². The number of aromatic nitrogens is 2. The highest BCUT2D eigenvalue weighted by Gasteiger charge is 2.19. The second-order valence-electron chi connectivity index (χ2n) is 5.32. The largest absolute Gasteiger partial charge is 0.438 e.